The molecule has 0 saturated carbocycles. The molecule has 88 valence electrons. The van der Waals surface area contributed by atoms with E-state index in [0.29, 0.717) is 5.75 Å². The average molecular weight is 229 g/mol. The molecular weight excluding hydrogens is 214 g/mol. The first-order valence-electron chi connectivity index (χ1n) is 5.55. The Morgan fingerprint density at radius 2 is 1.94 bits per heavy atom. The molecule has 0 bridgehead atoms. The van der Waals surface area contributed by atoms with E-state index in [1.54, 1.807) is 6.20 Å². The third kappa shape index (κ3) is 3.04. The summed E-state index contributed by atoms with van der Waals surface area (Å²) in [5.74, 6) is 0.711. The summed E-state index contributed by atoms with van der Waals surface area (Å²) in [7, 11) is 0. The second-order valence-corrected chi connectivity index (χ2v) is 3.82. The highest BCUT2D eigenvalue weighted by molar-refractivity contribution is 5.25. The number of benzene rings is 1. The average Bonchev–Trinajstić information content (AvgIpc) is 2.38. The second-order valence-electron chi connectivity index (χ2n) is 3.82. The fourth-order valence-corrected chi connectivity index (χ4v) is 1.56. The van der Waals surface area contributed by atoms with Gasteiger partial charge in [0.2, 0.25) is 0 Å². The highest BCUT2D eigenvalue weighted by Gasteiger charge is 2.08. The normalized spacial score (nSPS) is 12.1. The molecule has 0 aliphatic heterocycles. The first-order chi connectivity index (χ1) is 8.27. The van der Waals surface area contributed by atoms with Crippen LogP contribution in [0.4, 0.5) is 0 Å². The maximum Gasteiger partial charge on any atom is 0.140 e. The maximum absolute atomic E-state index is 9.93. The van der Waals surface area contributed by atoms with Gasteiger partial charge in [0.05, 0.1) is 5.69 Å². The number of aliphatic hydroxyl groups is 1. The molecule has 2 rings (SSSR count). The monoisotopic (exact) mass is 229 g/mol. The third-order valence-corrected chi connectivity index (χ3v) is 2.54. The van der Waals surface area contributed by atoms with Crippen LogP contribution in [0.25, 0.3) is 0 Å². The van der Waals surface area contributed by atoms with Gasteiger partial charge < -0.3 is 9.84 Å². The number of hydrogen-bond acceptors (Lipinski definition) is 3. The summed E-state index contributed by atoms with van der Waals surface area (Å²) in [4.78, 5) is 4.12. The van der Waals surface area contributed by atoms with Crippen molar-refractivity contribution in [3.63, 3.8) is 0 Å². The number of aromatic nitrogens is 1. The Labute approximate surface area is 101 Å². The van der Waals surface area contributed by atoms with Crippen LogP contribution < -0.4 is 4.74 Å². The number of aliphatic hydroxyl groups excluding tert-OH is 1. The Morgan fingerprint density at radius 3 is 2.65 bits per heavy atom. The Morgan fingerprint density at radius 1 is 1.18 bits per heavy atom. The molecule has 0 radical (unpaired) electrons. The predicted molar refractivity (Wildman–Crippen MR) is 65.9 cm³/mol. The number of ether oxygens (including phenoxy) is 1. The molecule has 17 heavy (non-hydrogen) atoms. The van der Waals surface area contributed by atoms with Gasteiger partial charge >= 0.3 is 0 Å². The Hall–Kier alpha value is -1.87. The molecule has 0 aliphatic rings. The highest BCUT2D eigenvalue weighted by atomic mass is 16.5. The van der Waals surface area contributed by atoms with E-state index in [-0.39, 0.29) is 6.61 Å². The zero-order valence-electron chi connectivity index (χ0n) is 9.71. The summed E-state index contributed by atoms with van der Waals surface area (Å²) >= 11 is 0. The minimum Gasteiger partial charge on any atom is -0.489 e. The number of rotatable bonds is 4. The maximum atomic E-state index is 9.93. The molecule has 1 aromatic heterocycles. The lowest BCUT2D eigenvalue weighted by Crippen LogP contribution is -2.10. The van der Waals surface area contributed by atoms with Gasteiger partial charge in [-0.25, -0.2) is 0 Å². The van der Waals surface area contributed by atoms with E-state index in [4.69, 9.17) is 4.74 Å². The van der Waals surface area contributed by atoms with Crippen molar-refractivity contribution in [1.29, 1.82) is 0 Å². The lowest BCUT2D eigenvalue weighted by Gasteiger charge is -2.13. The summed E-state index contributed by atoms with van der Waals surface area (Å²) in [5, 5.41) is 9.93. The summed E-state index contributed by atoms with van der Waals surface area (Å²) < 4.78 is 5.54. The zero-order valence-corrected chi connectivity index (χ0v) is 9.71. The lowest BCUT2D eigenvalue weighted by molar-refractivity contribution is 0.107. The molecule has 3 nitrogen and oxygen atoms in total. The van der Waals surface area contributed by atoms with Gasteiger partial charge in [0.1, 0.15) is 18.5 Å². The molecule has 1 N–H and O–H groups in total. The predicted octanol–water partition coefficient (Wildman–Crippen LogP) is 2.50. The van der Waals surface area contributed by atoms with Crippen LogP contribution in [-0.4, -0.2) is 16.7 Å². The van der Waals surface area contributed by atoms with Crippen molar-refractivity contribution in [2.75, 3.05) is 6.61 Å². The van der Waals surface area contributed by atoms with Crippen molar-refractivity contribution in [3.05, 3.63) is 59.9 Å². The van der Waals surface area contributed by atoms with E-state index < -0.39 is 6.10 Å². The van der Waals surface area contributed by atoms with Crippen LogP contribution in [0.15, 0.2) is 48.7 Å². The van der Waals surface area contributed by atoms with Crippen LogP contribution >= 0.6 is 0 Å². The second kappa shape index (κ2) is 5.46. The summed E-state index contributed by atoms with van der Waals surface area (Å²) in [6.45, 7) is 2.11. The molecule has 0 saturated heterocycles. The lowest BCUT2D eigenvalue weighted by atomic mass is 10.1. The molecule has 0 spiro atoms. The van der Waals surface area contributed by atoms with Crippen LogP contribution in [0.2, 0.25) is 0 Å². The van der Waals surface area contributed by atoms with Crippen LogP contribution in [0.1, 0.15) is 17.4 Å². The molecule has 1 atom stereocenters. The number of aryl methyl sites for hydroxylation is 1. The van der Waals surface area contributed by atoms with Crippen molar-refractivity contribution in [1.82, 2.24) is 4.98 Å². The van der Waals surface area contributed by atoms with E-state index in [1.807, 2.05) is 49.4 Å². The molecule has 0 amide bonds. The molecule has 1 heterocycles. The summed E-state index contributed by atoms with van der Waals surface area (Å²) in [6, 6.07) is 13.1. The van der Waals surface area contributed by atoms with Crippen LogP contribution in [-0.2, 0) is 0 Å². The van der Waals surface area contributed by atoms with E-state index in [2.05, 4.69) is 4.98 Å². The van der Waals surface area contributed by atoms with Gasteiger partial charge in [0.15, 0.2) is 0 Å². The summed E-state index contributed by atoms with van der Waals surface area (Å²) in [5.41, 5.74) is 1.68. The minimum absolute atomic E-state index is 0.233. The van der Waals surface area contributed by atoms with E-state index in [0.717, 1.165) is 11.3 Å². The molecule has 0 aliphatic carbocycles. The standard InChI is InChI=1S/C14H15NO2/c1-11-14(8-5-9-15-11)17-10-13(16)12-6-3-2-4-7-12/h2-9,13,16H,10H2,1H3. The van der Waals surface area contributed by atoms with Crippen LogP contribution in [0.3, 0.4) is 0 Å². The molecule has 1 aromatic carbocycles. The van der Waals surface area contributed by atoms with E-state index in [9.17, 15) is 5.11 Å². The minimum atomic E-state index is -0.615. The SMILES string of the molecule is Cc1ncccc1OCC(O)c1ccccc1. The van der Waals surface area contributed by atoms with Gasteiger partial charge in [-0.3, -0.25) is 4.98 Å². The van der Waals surface area contributed by atoms with Gasteiger partial charge in [0.25, 0.3) is 0 Å². The van der Waals surface area contributed by atoms with Gasteiger partial charge in [-0.2, -0.15) is 0 Å². The number of nitrogens with zero attached hydrogens (tertiary/aromatic N) is 1. The van der Waals surface area contributed by atoms with Crippen molar-refractivity contribution in [2.24, 2.45) is 0 Å². The number of hydrogen-bond donors (Lipinski definition) is 1. The van der Waals surface area contributed by atoms with Crippen LogP contribution in [0.5, 0.6) is 5.75 Å². The van der Waals surface area contributed by atoms with Gasteiger partial charge in [-0.1, -0.05) is 30.3 Å². The van der Waals surface area contributed by atoms with Crippen molar-refractivity contribution in [2.45, 2.75) is 13.0 Å². The quantitative estimate of drug-likeness (QED) is 0.875. The molecule has 3 heteroatoms. The first kappa shape index (κ1) is 11.6. The number of pyridine rings is 1. The van der Waals surface area contributed by atoms with E-state index in [1.165, 1.54) is 0 Å². The zero-order chi connectivity index (χ0) is 12.1. The smallest absolute Gasteiger partial charge is 0.140 e. The Bertz CT molecular complexity index is 471. The first-order valence-corrected chi connectivity index (χ1v) is 5.55. The fourth-order valence-electron chi connectivity index (χ4n) is 1.56. The fraction of sp³-hybridized carbons (Fsp3) is 0.214. The molecule has 0 fully saturated rings. The van der Waals surface area contributed by atoms with E-state index >= 15 is 0 Å². The van der Waals surface area contributed by atoms with Crippen molar-refractivity contribution in [3.8, 4) is 5.75 Å². The molecule has 1 unspecified atom stereocenters. The van der Waals surface area contributed by atoms with Crippen molar-refractivity contribution >= 4 is 0 Å². The Balaban J connectivity index is 1.97. The van der Waals surface area contributed by atoms with Gasteiger partial charge in [0, 0.05) is 6.20 Å². The molecule has 2 aromatic rings. The topological polar surface area (TPSA) is 42.4 Å². The summed E-state index contributed by atoms with van der Waals surface area (Å²) in [6.07, 6.45) is 1.10. The Kier molecular flexibility index (Phi) is 3.73. The highest BCUT2D eigenvalue weighted by Crippen LogP contribution is 2.17. The van der Waals surface area contributed by atoms with Gasteiger partial charge in [-0.15, -0.1) is 0 Å². The largest absolute Gasteiger partial charge is 0.489 e. The van der Waals surface area contributed by atoms with Gasteiger partial charge in [-0.05, 0) is 24.6 Å². The van der Waals surface area contributed by atoms with Crippen molar-refractivity contribution < 1.29 is 9.84 Å². The van der Waals surface area contributed by atoms with Crippen LogP contribution in [0, 0.1) is 6.92 Å². The third-order valence-electron chi connectivity index (χ3n) is 2.54. The molecular formula is C14H15NO2.